The fourth-order valence-corrected chi connectivity index (χ4v) is 5.50. The molecule has 5 aromatic rings. The second kappa shape index (κ2) is 9.22. The molecule has 1 aliphatic rings. The number of rotatable bonds is 6. The summed E-state index contributed by atoms with van der Waals surface area (Å²) in [6, 6.07) is 34.5. The molecule has 0 radical (unpaired) electrons. The molecule has 0 aliphatic heterocycles. The third kappa shape index (κ3) is 4.01. The fraction of sp³-hybridized carbons (Fsp3) is 0.161. The van der Waals surface area contributed by atoms with Gasteiger partial charge in [0.05, 0.1) is 5.69 Å². The third-order valence-corrected chi connectivity index (χ3v) is 7.16. The monoisotopic (exact) mass is 456 g/mol. The molecule has 0 bridgehead atoms. The van der Waals surface area contributed by atoms with Gasteiger partial charge in [0.15, 0.2) is 0 Å². The number of aromatic nitrogens is 3. The van der Waals surface area contributed by atoms with Gasteiger partial charge in [0.2, 0.25) is 0 Å². The molecule has 6 rings (SSSR count). The number of imidazole rings is 1. The topological polar surface area (TPSA) is 44.8 Å². The Bertz CT molecular complexity index is 1390. The van der Waals surface area contributed by atoms with Crippen LogP contribution in [0.2, 0.25) is 0 Å². The van der Waals surface area contributed by atoms with Gasteiger partial charge >= 0.3 is 0 Å². The van der Waals surface area contributed by atoms with Crippen molar-refractivity contribution >= 4 is 17.1 Å². The first-order valence-corrected chi connectivity index (χ1v) is 12.3. The van der Waals surface area contributed by atoms with E-state index in [0.29, 0.717) is 0 Å². The Morgan fingerprint density at radius 1 is 0.657 bits per heavy atom. The molecule has 1 N–H and O–H groups in total. The van der Waals surface area contributed by atoms with E-state index in [0.717, 1.165) is 41.3 Å². The fourth-order valence-electron chi connectivity index (χ4n) is 5.50. The van der Waals surface area contributed by atoms with Gasteiger partial charge in [-0.05, 0) is 66.9 Å². The molecular formula is C31H28N4. The van der Waals surface area contributed by atoms with Crippen molar-refractivity contribution in [3.63, 3.8) is 0 Å². The summed E-state index contributed by atoms with van der Waals surface area (Å²) < 4.78 is 0. The lowest BCUT2D eigenvalue weighted by Gasteiger charge is -2.32. The molecular weight excluding hydrogens is 428 g/mol. The van der Waals surface area contributed by atoms with Crippen molar-refractivity contribution in [2.45, 2.75) is 31.1 Å². The smallest absolute Gasteiger partial charge is 0.137 e. The zero-order valence-corrected chi connectivity index (χ0v) is 19.6. The van der Waals surface area contributed by atoms with E-state index in [1.54, 1.807) is 6.20 Å². The van der Waals surface area contributed by atoms with Gasteiger partial charge in [-0.3, -0.25) is 4.98 Å². The predicted octanol–water partition coefficient (Wildman–Crippen LogP) is 7.80. The zero-order valence-electron chi connectivity index (χ0n) is 19.6. The average Bonchev–Trinajstić information content (AvgIpc) is 3.64. The maximum absolute atomic E-state index is 4.82. The highest BCUT2D eigenvalue weighted by molar-refractivity contribution is 5.79. The number of hydrogen-bond acceptors (Lipinski definition) is 3. The van der Waals surface area contributed by atoms with Gasteiger partial charge in [0, 0.05) is 46.6 Å². The van der Waals surface area contributed by atoms with Gasteiger partial charge in [0.1, 0.15) is 5.82 Å². The van der Waals surface area contributed by atoms with Gasteiger partial charge < -0.3 is 9.88 Å². The highest BCUT2D eigenvalue weighted by atomic mass is 15.1. The Kier molecular flexibility index (Phi) is 5.63. The van der Waals surface area contributed by atoms with E-state index in [9.17, 15) is 0 Å². The lowest BCUT2D eigenvalue weighted by Crippen LogP contribution is -2.25. The van der Waals surface area contributed by atoms with E-state index in [2.05, 4.69) is 106 Å². The van der Waals surface area contributed by atoms with Crippen LogP contribution in [0.25, 0.3) is 11.4 Å². The molecule has 4 nitrogen and oxygen atoms in total. The number of anilines is 3. The first-order valence-electron chi connectivity index (χ1n) is 12.3. The van der Waals surface area contributed by atoms with Crippen molar-refractivity contribution in [1.82, 2.24) is 15.0 Å². The van der Waals surface area contributed by atoms with E-state index >= 15 is 0 Å². The number of H-pyrrole nitrogens is 1. The van der Waals surface area contributed by atoms with E-state index < -0.39 is 0 Å². The van der Waals surface area contributed by atoms with Gasteiger partial charge in [0.25, 0.3) is 0 Å². The second-order valence-corrected chi connectivity index (χ2v) is 9.21. The molecule has 35 heavy (non-hydrogen) atoms. The van der Waals surface area contributed by atoms with Crippen LogP contribution in [-0.2, 0) is 5.41 Å². The number of hydrogen-bond donors (Lipinski definition) is 1. The highest BCUT2D eigenvalue weighted by Crippen LogP contribution is 2.47. The minimum atomic E-state index is -0.0321. The normalized spacial score (nSPS) is 14.6. The average molecular weight is 457 g/mol. The van der Waals surface area contributed by atoms with Crippen LogP contribution in [0.3, 0.4) is 0 Å². The van der Waals surface area contributed by atoms with Crippen LogP contribution in [0.1, 0.15) is 36.9 Å². The number of nitrogens with zero attached hydrogens (tertiary/aromatic N) is 3. The standard InChI is InChI=1S/C31H28N4/c1-2-12-26(13-3-1)35(27-14-8-10-24(22-27)30-33-20-21-34-30)28-15-9-11-25(23-28)31(17-5-6-18-31)29-16-4-7-19-32-29/h1-4,7-16,19-23H,5-6,17-18H2,(H,33,34). The Hall–Kier alpha value is -4.18. The zero-order chi connectivity index (χ0) is 23.5. The molecule has 1 saturated carbocycles. The van der Waals surface area contributed by atoms with E-state index in [1.165, 1.54) is 24.1 Å². The summed E-state index contributed by atoms with van der Waals surface area (Å²) in [4.78, 5) is 14.8. The molecule has 172 valence electrons. The minimum Gasteiger partial charge on any atom is -0.345 e. The van der Waals surface area contributed by atoms with Crippen molar-refractivity contribution in [2.24, 2.45) is 0 Å². The molecule has 1 aliphatic carbocycles. The van der Waals surface area contributed by atoms with Gasteiger partial charge in [-0.15, -0.1) is 0 Å². The summed E-state index contributed by atoms with van der Waals surface area (Å²) in [5.74, 6) is 0.869. The molecule has 2 aromatic heterocycles. The Labute approximate surface area is 206 Å². The Balaban J connectivity index is 1.49. The van der Waals surface area contributed by atoms with E-state index in [4.69, 9.17) is 4.98 Å². The number of aromatic amines is 1. The maximum Gasteiger partial charge on any atom is 0.137 e. The van der Waals surface area contributed by atoms with Gasteiger partial charge in [-0.25, -0.2) is 4.98 Å². The second-order valence-electron chi connectivity index (χ2n) is 9.21. The molecule has 4 heteroatoms. The van der Waals surface area contributed by atoms with Crippen LogP contribution < -0.4 is 4.90 Å². The number of para-hydroxylation sites is 1. The quantitative estimate of drug-likeness (QED) is 0.283. The van der Waals surface area contributed by atoms with Crippen molar-refractivity contribution in [3.8, 4) is 11.4 Å². The van der Waals surface area contributed by atoms with Crippen molar-refractivity contribution in [1.29, 1.82) is 0 Å². The molecule has 0 atom stereocenters. The van der Waals surface area contributed by atoms with Gasteiger partial charge in [-0.2, -0.15) is 0 Å². The van der Waals surface area contributed by atoms with Gasteiger partial charge in [-0.1, -0.05) is 61.4 Å². The van der Waals surface area contributed by atoms with Crippen LogP contribution in [0, 0.1) is 0 Å². The first kappa shape index (κ1) is 21.4. The summed E-state index contributed by atoms with van der Waals surface area (Å²) in [7, 11) is 0. The molecule has 1 fully saturated rings. The molecule has 0 amide bonds. The first-order chi connectivity index (χ1) is 17.3. The summed E-state index contributed by atoms with van der Waals surface area (Å²) in [6.07, 6.45) is 10.3. The summed E-state index contributed by atoms with van der Waals surface area (Å²) in [5, 5.41) is 0. The Morgan fingerprint density at radius 2 is 1.40 bits per heavy atom. The van der Waals surface area contributed by atoms with Crippen molar-refractivity contribution < 1.29 is 0 Å². The maximum atomic E-state index is 4.82. The van der Waals surface area contributed by atoms with Crippen molar-refractivity contribution in [2.75, 3.05) is 4.90 Å². The molecule has 3 aromatic carbocycles. The van der Waals surface area contributed by atoms with E-state index in [-0.39, 0.29) is 5.41 Å². The Morgan fingerprint density at radius 3 is 2.14 bits per heavy atom. The molecule has 0 saturated heterocycles. The van der Waals surface area contributed by atoms with Crippen LogP contribution in [-0.4, -0.2) is 15.0 Å². The van der Waals surface area contributed by atoms with Crippen molar-refractivity contribution in [3.05, 3.63) is 127 Å². The summed E-state index contributed by atoms with van der Waals surface area (Å²) in [6.45, 7) is 0. The lowest BCUT2D eigenvalue weighted by molar-refractivity contribution is 0.518. The summed E-state index contributed by atoms with van der Waals surface area (Å²) in [5.41, 5.74) is 6.92. The molecule has 2 heterocycles. The van der Waals surface area contributed by atoms with E-state index in [1.807, 2.05) is 18.5 Å². The third-order valence-electron chi connectivity index (χ3n) is 7.16. The number of nitrogens with one attached hydrogen (secondary N) is 1. The minimum absolute atomic E-state index is 0.0321. The van der Waals surface area contributed by atoms with Crippen LogP contribution in [0.4, 0.5) is 17.1 Å². The SMILES string of the molecule is c1ccc(N(c2cccc(-c3ncc[nH]3)c2)c2cccc(C3(c4ccccn4)CCCC3)c2)cc1. The summed E-state index contributed by atoms with van der Waals surface area (Å²) >= 11 is 0. The number of pyridine rings is 1. The molecule has 0 unspecified atom stereocenters. The highest BCUT2D eigenvalue weighted by Gasteiger charge is 2.38. The largest absolute Gasteiger partial charge is 0.345 e. The molecule has 0 spiro atoms. The predicted molar refractivity (Wildman–Crippen MR) is 142 cm³/mol. The lowest BCUT2D eigenvalue weighted by atomic mass is 9.75. The van der Waals surface area contributed by atoms with Crippen LogP contribution >= 0.6 is 0 Å². The number of benzene rings is 3. The van der Waals surface area contributed by atoms with Crippen LogP contribution in [0.5, 0.6) is 0 Å². The van der Waals surface area contributed by atoms with Crippen LogP contribution in [0.15, 0.2) is 116 Å².